The molecule has 0 unspecified atom stereocenters. The van der Waals surface area contributed by atoms with Crippen LogP contribution in [0.15, 0.2) is 12.2 Å². The molecule has 0 aliphatic heterocycles. The maximum Gasteiger partial charge on any atom is 0.246 e. The van der Waals surface area contributed by atoms with Crippen LogP contribution in [0.25, 0.3) is 0 Å². The van der Waals surface area contributed by atoms with Crippen molar-refractivity contribution in [2.24, 2.45) is 5.92 Å². The topological polar surface area (TPSA) is 49.3 Å². The van der Waals surface area contributed by atoms with E-state index in [2.05, 4.69) is 11.9 Å². The minimum Gasteiger partial charge on any atom is -0.393 e. The molecule has 0 bridgehead atoms. The number of hydrogen-bond donors (Lipinski definition) is 2. The van der Waals surface area contributed by atoms with E-state index < -0.39 is 0 Å². The van der Waals surface area contributed by atoms with E-state index in [1.807, 2.05) is 0 Å². The molecule has 2 N–H and O–H groups in total. The molecule has 0 spiro atoms. The lowest BCUT2D eigenvalue weighted by Crippen LogP contribution is -2.32. The summed E-state index contributed by atoms with van der Waals surface area (Å²) in [5, 5.41) is 12.1. The summed E-state index contributed by atoms with van der Waals surface area (Å²) < 4.78 is 0. The van der Waals surface area contributed by atoms with Crippen LogP contribution in [0.2, 0.25) is 0 Å². The average Bonchev–Trinajstić information content (AvgIpc) is 2.16. The molecule has 0 aromatic rings. The van der Waals surface area contributed by atoms with Crippen LogP contribution < -0.4 is 5.32 Å². The monoisotopic (exact) mass is 197 g/mol. The summed E-state index contributed by atoms with van der Waals surface area (Å²) in [6, 6.07) is 0. The molecule has 1 aliphatic carbocycles. The van der Waals surface area contributed by atoms with Crippen LogP contribution in [0.1, 0.15) is 32.6 Å². The second-order valence-corrected chi connectivity index (χ2v) is 4.16. The highest BCUT2D eigenvalue weighted by atomic mass is 16.3. The Balaban J connectivity index is 2.19. The maximum atomic E-state index is 11.2. The van der Waals surface area contributed by atoms with E-state index in [1.54, 1.807) is 6.92 Å². The van der Waals surface area contributed by atoms with Gasteiger partial charge in [0.15, 0.2) is 0 Å². The van der Waals surface area contributed by atoms with Gasteiger partial charge in [0.25, 0.3) is 0 Å². The molecule has 3 heteroatoms. The van der Waals surface area contributed by atoms with Gasteiger partial charge in [-0.3, -0.25) is 4.79 Å². The van der Waals surface area contributed by atoms with Gasteiger partial charge in [-0.25, -0.2) is 0 Å². The predicted molar refractivity (Wildman–Crippen MR) is 55.8 cm³/mol. The molecule has 0 aromatic carbocycles. The van der Waals surface area contributed by atoms with E-state index >= 15 is 0 Å². The fourth-order valence-corrected chi connectivity index (χ4v) is 1.74. The fourth-order valence-electron chi connectivity index (χ4n) is 1.74. The Morgan fingerprint density at radius 1 is 1.43 bits per heavy atom. The van der Waals surface area contributed by atoms with Gasteiger partial charge >= 0.3 is 0 Å². The molecule has 1 rings (SSSR count). The molecule has 0 radical (unpaired) electrons. The first-order chi connectivity index (χ1) is 6.59. The van der Waals surface area contributed by atoms with Gasteiger partial charge in [-0.2, -0.15) is 0 Å². The Kier molecular flexibility index (Phi) is 4.14. The molecule has 1 saturated carbocycles. The Hall–Kier alpha value is -0.830. The van der Waals surface area contributed by atoms with E-state index in [9.17, 15) is 9.90 Å². The van der Waals surface area contributed by atoms with Crippen molar-refractivity contribution in [1.29, 1.82) is 0 Å². The average molecular weight is 197 g/mol. The smallest absolute Gasteiger partial charge is 0.246 e. The van der Waals surface area contributed by atoms with Crippen molar-refractivity contribution in [3.05, 3.63) is 12.2 Å². The predicted octanol–water partition coefficient (Wildman–Crippen LogP) is 1.23. The minimum atomic E-state index is -0.122. The largest absolute Gasteiger partial charge is 0.393 e. The van der Waals surface area contributed by atoms with Gasteiger partial charge in [-0.05, 0) is 38.5 Å². The maximum absolute atomic E-state index is 11.2. The molecule has 1 fully saturated rings. The zero-order valence-electron chi connectivity index (χ0n) is 8.75. The zero-order chi connectivity index (χ0) is 10.6. The second-order valence-electron chi connectivity index (χ2n) is 4.16. The van der Waals surface area contributed by atoms with E-state index in [1.165, 1.54) is 0 Å². The van der Waals surface area contributed by atoms with E-state index in [-0.39, 0.29) is 12.0 Å². The summed E-state index contributed by atoms with van der Waals surface area (Å²) in [7, 11) is 0. The van der Waals surface area contributed by atoms with Crippen LogP contribution in [-0.4, -0.2) is 23.7 Å². The number of hydrogen-bond acceptors (Lipinski definition) is 2. The molecular weight excluding hydrogens is 178 g/mol. The quantitative estimate of drug-likeness (QED) is 0.668. The van der Waals surface area contributed by atoms with Crippen LogP contribution in [0.4, 0.5) is 0 Å². The molecule has 14 heavy (non-hydrogen) atoms. The van der Waals surface area contributed by atoms with Crippen molar-refractivity contribution in [2.45, 2.75) is 38.7 Å². The van der Waals surface area contributed by atoms with E-state index in [0.717, 1.165) is 32.2 Å². The fraction of sp³-hybridized carbons (Fsp3) is 0.727. The van der Waals surface area contributed by atoms with Crippen molar-refractivity contribution in [3.63, 3.8) is 0 Å². The Bertz CT molecular complexity index is 217. The van der Waals surface area contributed by atoms with Gasteiger partial charge in [0.1, 0.15) is 0 Å². The van der Waals surface area contributed by atoms with Gasteiger partial charge in [0, 0.05) is 12.1 Å². The number of carbonyl (C=O) groups excluding carboxylic acids is 1. The third-order valence-corrected chi connectivity index (χ3v) is 2.76. The number of amides is 1. The Morgan fingerprint density at radius 3 is 2.50 bits per heavy atom. The number of carbonyl (C=O) groups is 1. The highest BCUT2D eigenvalue weighted by molar-refractivity contribution is 5.92. The molecule has 80 valence electrons. The zero-order valence-corrected chi connectivity index (χ0v) is 8.75. The summed E-state index contributed by atoms with van der Waals surface area (Å²) in [6.45, 7) is 6.01. The third kappa shape index (κ3) is 3.50. The second kappa shape index (κ2) is 5.15. The van der Waals surface area contributed by atoms with Gasteiger partial charge < -0.3 is 10.4 Å². The lowest BCUT2D eigenvalue weighted by atomic mass is 9.87. The Labute approximate surface area is 85.2 Å². The van der Waals surface area contributed by atoms with Crippen molar-refractivity contribution >= 4 is 5.91 Å². The summed E-state index contributed by atoms with van der Waals surface area (Å²) in [4.78, 5) is 11.2. The van der Waals surface area contributed by atoms with Crippen molar-refractivity contribution in [3.8, 4) is 0 Å². The summed E-state index contributed by atoms with van der Waals surface area (Å²) in [5.41, 5.74) is 0.556. The van der Waals surface area contributed by atoms with Crippen LogP contribution in [0.5, 0.6) is 0 Å². The van der Waals surface area contributed by atoms with E-state index in [0.29, 0.717) is 11.5 Å². The highest BCUT2D eigenvalue weighted by Gasteiger charge is 2.19. The first-order valence-corrected chi connectivity index (χ1v) is 5.21. The van der Waals surface area contributed by atoms with Gasteiger partial charge in [0.2, 0.25) is 5.91 Å². The SMILES string of the molecule is C=C(C)C(=O)NCC1CCC(O)CC1. The van der Waals surface area contributed by atoms with Crippen LogP contribution in [0.3, 0.4) is 0 Å². The number of aliphatic hydroxyl groups is 1. The Morgan fingerprint density at radius 2 is 2.00 bits per heavy atom. The number of nitrogens with one attached hydrogen (secondary N) is 1. The molecular formula is C11H19NO2. The lowest BCUT2D eigenvalue weighted by molar-refractivity contribution is -0.117. The van der Waals surface area contributed by atoms with Gasteiger partial charge in [-0.1, -0.05) is 6.58 Å². The summed E-state index contributed by atoms with van der Waals surface area (Å²) in [6.07, 6.45) is 3.64. The van der Waals surface area contributed by atoms with Crippen LogP contribution in [-0.2, 0) is 4.79 Å². The highest BCUT2D eigenvalue weighted by Crippen LogP contribution is 2.23. The molecule has 0 saturated heterocycles. The van der Waals surface area contributed by atoms with Gasteiger partial charge in [-0.15, -0.1) is 0 Å². The molecule has 1 aliphatic rings. The van der Waals surface area contributed by atoms with Gasteiger partial charge in [0.05, 0.1) is 6.10 Å². The standard InChI is InChI=1S/C11H19NO2/c1-8(2)11(14)12-7-9-3-5-10(13)6-4-9/h9-10,13H,1,3-7H2,2H3,(H,12,14). The van der Waals surface area contributed by atoms with E-state index in [4.69, 9.17) is 0 Å². The third-order valence-electron chi connectivity index (χ3n) is 2.76. The van der Waals surface area contributed by atoms with Crippen molar-refractivity contribution in [2.75, 3.05) is 6.54 Å². The van der Waals surface area contributed by atoms with Crippen LogP contribution >= 0.6 is 0 Å². The first-order valence-electron chi connectivity index (χ1n) is 5.21. The first kappa shape index (κ1) is 11.2. The van der Waals surface area contributed by atoms with Crippen LogP contribution in [0, 0.1) is 5.92 Å². The normalized spacial score (nSPS) is 27.0. The molecule has 0 atom stereocenters. The molecule has 3 nitrogen and oxygen atoms in total. The van der Waals surface area contributed by atoms with Crippen molar-refractivity contribution < 1.29 is 9.90 Å². The summed E-state index contributed by atoms with van der Waals surface area (Å²) >= 11 is 0. The number of rotatable bonds is 3. The minimum absolute atomic E-state index is 0.0591. The summed E-state index contributed by atoms with van der Waals surface area (Å²) in [5.74, 6) is 0.470. The number of aliphatic hydroxyl groups excluding tert-OH is 1. The molecule has 0 aromatic heterocycles. The lowest BCUT2D eigenvalue weighted by Gasteiger charge is -2.25. The molecule has 0 heterocycles. The molecule has 1 amide bonds. The van der Waals surface area contributed by atoms with Crippen molar-refractivity contribution in [1.82, 2.24) is 5.32 Å².